The molecular formula is C15H19FN2O4. The van der Waals surface area contributed by atoms with Gasteiger partial charge >= 0.3 is 12.0 Å². The molecule has 7 heteroatoms. The molecule has 1 fully saturated rings. The highest BCUT2D eigenvalue weighted by Crippen LogP contribution is 2.16. The Kier molecular flexibility index (Phi) is 5.32. The Balaban J connectivity index is 1.89. The van der Waals surface area contributed by atoms with Crippen molar-refractivity contribution in [3.63, 3.8) is 0 Å². The van der Waals surface area contributed by atoms with Gasteiger partial charge in [-0.25, -0.2) is 9.18 Å². The van der Waals surface area contributed by atoms with Gasteiger partial charge in [-0.1, -0.05) is 6.07 Å². The molecule has 0 aromatic heterocycles. The molecule has 1 aliphatic heterocycles. The van der Waals surface area contributed by atoms with E-state index in [1.807, 2.05) is 0 Å². The van der Waals surface area contributed by atoms with Gasteiger partial charge < -0.3 is 20.1 Å². The predicted molar refractivity (Wildman–Crippen MR) is 76.7 cm³/mol. The number of benzene rings is 1. The van der Waals surface area contributed by atoms with Crippen LogP contribution >= 0.6 is 0 Å². The fourth-order valence-corrected chi connectivity index (χ4v) is 2.44. The predicted octanol–water partition coefficient (Wildman–Crippen LogP) is 1.59. The van der Waals surface area contributed by atoms with Crippen molar-refractivity contribution in [1.82, 2.24) is 10.2 Å². The van der Waals surface area contributed by atoms with Crippen molar-refractivity contribution in [2.75, 3.05) is 20.2 Å². The standard InChI is InChI=1S/C15H19FN2O4/c1-22-9-12-6-10(2-3-13(12)16)7-17-15(21)18-5-4-11(8-18)14(19)20/h2-3,6,11H,4-5,7-9H2,1H3,(H,17,21)(H,19,20). The number of halogens is 1. The zero-order valence-electron chi connectivity index (χ0n) is 12.3. The van der Waals surface area contributed by atoms with E-state index in [0.29, 0.717) is 18.5 Å². The van der Waals surface area contributed by atoms with Gasteiger partial charge in [-0.15, -0.1) is 0 Å². The summed E-state index contributed by atoms with van der Waals surface area (Å²) in [5.41, 5.74) is 1.19. The van der Waals surface area contributed by atoms with Gasteiger partial charge in [0.1, 0.15) is 5.82 Å². The van der Waals surface area contributed by atoms with E-state index in [2.05, 4.69) is 5.32 Å². The average molecular weight is 310 g/mol. The van der Waals surface area contributed by atoms with Crippen LogP contribution in [0.15, 0.2) is 18.2 Å². The molecule has 2 N–H and O–H groups in total. The summed E-state index contributed by atoms with van der Waals surface area (Å²) in [5, 5.41) is 11.6. The first-order valence-electron chi connectivity index (χ1n) is 7.03. The van der Waals surface area contributed by atoms with Crippen LogP contribution in [0.3, 0.4) is 0 Å². The van der Waals surface area contributed by atoms with Crippen LogP contribution in [0.4, 0.5) is 9.18 Å². The fraction of sp³-hybridized carbons (Fsp3) is 0.467. The molecule has 1 saturated heterocycles. The third-order valence-corrected chi connectivity index (χ3v) is 3.68. The zero-order valence-corrected chi connectivity index (χ0v) is 12.3. The van der Waals surface area contributed by atoms with Crippen LogP contribution in [0, 0.1) is 11.7 Å². The van der Waals surface area contributed by atoms with E-state index in [9.17, 15) is 14.0 Å². The minimum atomic E-state index is -0.877. The Labute approximate surface area is 127 Å². The molecule has 1 aromatic carbocycles. The number of rotatable bonds is 5. The van der Waals surface area contributed by atoms with E-state index in [4.69, 9.17) is 9.84 Å². The largest absolute Gasteiger partial charge is 0.481 e. The first-order chi connectivity index (χ1) is 10.5. The van der Waals surface area contributed by atoms with Crippen LogP contribution in [0.5, 0.6) is 0 Å². The lowest BCUT2D eigenvalue weighted by molar-refractivity contribution is -0.141. The van der Waals surface area contributed by atoms with E-state index in [1.54, 1.807) is 12.1 Å². The van der Waals surface area contributed by atoms with Crippen molar-refractivity contribution in [3.8, 4) is 0 Å². The monoisotopic (exact) mass is 310 g/mol. The van der Waals surface area contributed by atoms with Crippen LogP contribution in [-0.2, 0) is 22.7 Å². The summed E-state index contributed by atoms with van der Waals surface area (Å²) in [6.07, 6.45) is 0.470. The molecule has 120 valence electrons. The van der Waals surface area contributed by atoms with Gasteiger partial charge in [-0.2, -0.15) is 0 Å². The van der Waals surface area contributed by atoms with E-state index in [1.165, 1.54) is 18.1 Å². The van der Waals surface area contributed by atoms with Gasteiger partial charge in [0.2, 0.25) is 0 Å². The second kappa shape index (κ2) is 7.22. The number of aliphatic carboxylic acids is 1. The molecule has 1 aliphatic rings. The van der Waals surface area contributed by atoms with Gasteiger partial charge in [-0.05, 0) is 24.1 Å². The molecule has 0 bridgehead atoms. The highest BCUT2D eigenvalue weighted by atomic mass is 19.1. The van der Waals surface area contributed by atoms with Crippen LogP contribution in [0.1, 0.15) is 17.5 Å². The Morgan fingerprint density at radius 1 is 1.50 bits per heavy atom. The van der Waals surface area contributed by atoms with E-state index < -0.39 is 11.9 Å². The maximum atomic E-state index is 13.5. The highest BCUT2D eigenvalue weighted by molar-refractivity contribution is 5.77. The van der Waals surface area contributed by atoms with Crippen molar-refractivity contribution >= 4 is 12.0 Å². The molecule has 1 heterocycles. The molecule has 1 unspecified atom stereocenters. The Hall–Kier alpha value is -2.15. The SMILES string of the molecule is COCc1cc(CNC(=O)N2CCC(C(=O)O)C2)ccc1F. The van der Waals surface area contributed by atoms with Crippen LogP contribution in [0.25, 0.3) is 0 Å². The number of amides is 2. The number of nitrogens with zero attached hydrogens (tertiary/aromatic N) is 1. The fourth-order valence-electron chi connectivity index (χ4n) is 2.44. The molecule has 2 amide bonds. The molecule has 1 atom stereocenters. The molecular weight excluding hydrogens is 291 g/mol. The van der Waals surface area contributed by atoms with E-state index >= 15 is 0 Å². The van der Waals surface area contributed by atoms with Crippen molar-refractivity contribution in [3.05, 3.63) is 35.1 Å². The molecule has 1 aromatic rings. The number of urea groups is 1. The third kappa shape index (κ3) is 3.94. The van der Waals surface area contributed by atoms with Gasteiger partial charge in [-0.3, -0.25) is 4.79 Å². The summed E-state index contributed by atoms with van der Waals surface area (Å²) < 4.78 is 18.4. The molecule has 2 rings (SSSR count). The number of nitrogens with one attached hydrogen (secondary N) is 1. The van der Waals surface area contributed by atoms with Crippen molar-refractivity contribution in [1.29, 1.82) is 0 Å². The Bertz CT molecular complexity index is 564. The number of methoxy groups -OCH3 is 1. The summed E-state index contributed by atoms with van der Waals surface area (Å²) in [6.45, 7) is 1.07. The summed E-state index contributed by atoms with van der Waals surface area (Å²) in [4.78, 5) is 24.3. The van der Waals surface area contributed by atoms with Crippen molar-refractivity contribution in [2.45, 2.75) is 19.6 Å². The van der Waals surface area contributed by atoms with Crippen LogP contribution < -0.4 is 5.32 Å². The number of carboxylic acid groups (broad SMARTS) is 1. The normalized spacial score (nSPS) is 17.5. The lowest BCUT2D eigenvalue weighted by Gasteiger charge is -2.17. The Morgan fingerprint density at radius 2 is 2.27 bits per heavy atom. The molecule has 0 saturated carbocycles. The van der Waals surface area contributed by atoms with E-state index in [-0.39, 0.29) is 31.5 Å². The second-order valence-corrected chi connectivity index (χ2v) is 5.29. The summed E-state index contributed by atoms with van der Waals surface area (Å²) in [6, 6.07) is 4.27. The van der Waals surface area contributed by atoms with Gasteiger partial charge in [0.15, 0.2) is 0 Å². The number of ether oxygens (including phenoxy) is 1. The minimum Gasteiger partial charge on any atom is -0.481 e. The van der Waals surface area contributed by atoms with Crippen molar-refractivity contribution < 1.29 is 23.8 Å². The van der Waals surface area contributed by atoms with E-state index in [0.717, 1.165) is 5.56 Å². The highest BCUT2D eigenvalue weighted by Gasteiger charge is 2.30. The van der Waals surface area contributed by atoms with Crippen LogP contribution in [-0.4, -0.2) is 42.2 Å². The average Bonchev–Trinajstić information content (AvgIpc) is 2.98. The smallest absolute Gasteiger partial charge is 0.317 e. The number of carbonyl (C=O) groups is 2. The molecule has 0 radical (unpaired) electrons. The van der Waals surface area contributed by atoms with Gasteiger partial charge in [0, 0.05) is 32.3 Å². The maximum absolute atomic E-state index is 13.5. The zero-order chi connectivity index (χ0) is 16.1. The molecule has 0 spiro atoms. The molecule has 22 heavy (non-hydrogen) atoms. The number of carbonyl (C=O) groups excluding carboxylic acids is 1. The Morgan fingerprint density at radius 3 is 2.91 bits per heavy atom. The minimum absolute atomic E-state index is 0.167. The quantitative estimate of drug-likeness (QED) is 0.865. The lowest BCUT2D eigenvalue weighted by atomic mass is 10.1. The summed E-state index contributed by atoms with van der Waals surface area (Å²) >= 11 is 0. The molecule has 6 nitrogen and oxygen atoms in total. The van der Waals surface area contributed by atoms with Crippen LogP contribution in [0.2, 0.25) is 0 Å². The van der Waals surface area contributed by atoms with Crippen molar-refractivity contribution in [2.24, 2.45) is 5.92 Å². The summed E-state index contributed by atoms with van der Waals surface area (Å²) in [7, 11) is 1.49. The topological polar surface area (TPSA) is 78.9 Å². The molecule has 0 aliphatic carbocycles. The van der Waals surface area contributed by atoms with Gasteiger partial charge in [0.05, 0.1) is 12.5 Å². The lowest BCUT2D eigenvalue weighted by Crippen LogP contribution is -2.38. The summed E-state index contributed by atoms with van der Waals surface area (Å²) in [5.74, 6) is -1.72. The first-order valence-corrected chi connectivity index (χ1v) is 7.03. The first kappa shape index (κ1) is 16.2. The maximum Gasteiger partial charge on any atom is 0.317 e. The number of carboxylic acids is 1. The van der Waals surface area contributed by atoms with Gasteiger partial charge in [0.25, 0.3) is 0 Å². The number of hydrogen-bond donors (Lipinski definition) is 2. The number of hydrogen-bond acceptors (Lipinski definition) is 3. The third-order valence-electron chi connectivity index (χ3n) is 3.68. The second-order valence-electron chi connectivity index (χ2n) is 5.29. The number of likely N-dealkylation sites (tertiary alicyclic amines) is 1.